The van der Waals surface area contributed by atoms with Gasteiger partial charge >= 0.3 is 0 Å². The zero-order chi connectivity index (χ0) is 29.0. The van der Waals surface area contributed by atoms with Crippen LogP contribution in [-0.2, 0) is 7.05 Å². The predicted octanol–water partition coefficient (Wildman–Crippen LogP) is 5.49. The van der Waals surface area contributed by atoms with Gasteiger partial charge in [-0.15, -0.1) is 0 Å². The van der Waals surface area contributed by atoms with Crippen molar-refractivity contribution in [3.8, 4) is 11.1 Å². The molecule has 0 bridgehead atoms. The number of fused-ring (bicyclic) bond motifs is 2. The smallest absolute Gasteiger partial charge is 0.208 e. The van der Waals surface area contributed by atoms with Crippen LogP contribution in [-0.4, -0.2) is 73.2 Å². The number of aromatic nitrogens is 5. The van der Waals surface area contributed by atoms with Gasteiger partial charge in [0, 0.05) is 68.3 Å². The number of benzene rings is 2. The van der Waals surface area contributed by atoms with Crippen molar-refractivity contribution in [3.63, 3.8) is 0 Å². The van der Waals surface area contributed by atoms with E-state index in [2.05, 4.69) is 55.0 Å². The van der Waals surface area contributed by atoms with E-state index in [1.807, 2.05) is 23.7 Å². The van der Waals surface area contributed by atoms with Gasteiger partial charge < -0.3 is 25.1 Å². The molecule has 0 amide bonds. The molecule has 2 fully saturated rings. The zero-order valence-corrected chi connectivity index (χ0v) is 24.5. The van der Waals surface area contributed by atoms with Crippen LogP contribution in [0, 0.1) is 12.7 Å². The molecule has 0 atom stereocenters. The Hall–Kier alpha value is -4.02. The Kier molecular flexibility index (Phi) is 6.82. The number of halogens is 1. The molecule has 3 aromatic heterocycles. The second kappa shape index (κ2) is 10.7. The molecular formula is C32H38FN9. The second-order valence-corrected chi connectivity index (χ2v) is 11.9. The number of piperazine rings is 1. The van der Waals surface area contributed by atoms with Crippen LogP contribution in [0.3, 0.4) is 0 Å². The number of anilines is 3. The van der Waals surface area contributed by atoms with Crippen molar-refractivity contribution in [1.29, 1.82) is 0 Å². The van der Waals surface area contributed by atoms with Gasteiger partial charge in [0.2, 0.25) is 5.95 Å². The van der Waals surface area contributed by atoms with E-state index in [0.717, 1.165) is 64.8 Å². The number of nitrogens with two attached hydrogens (primary N) is 1. The first-order chi connectivity index (χ1) is 20.4. The lowest BCUT2D eigenvalue weighted by atomic mass is 9.89. The summed E-state index contributed by atoms with van der Waals surface area (Å²) in [5, 5.41) is 4.30. The molecule has 0 unspecified atom stereocenters. The van der Waals surface area contributed by atoms with Crippen LogP contribution < -0.4 is 11.1 Å². The lowest BCUT2D eigenvalue weighted by Gasteiger charge is -2.41. The Labute approximate surface area is 245 Å². The Bertz CT molecular complexity index is 1740. The van der Waals surface area contributed by atoms with E-state index in [9.17, 15) is 4.39 Å². The number of nitrogens with zero attached hydrogens (tertiary/aromatic N) is 7. The van der Waals surface area contributed by atoms with E-state index < -0.39 is 0 Å². The molecular weight excluding hydrogens is 529 g/mol. The third-order valence-corrected chi connectivity index (χ3v) is 9.43. The van der Waals surface area contributed by atoms with Gasteiger partial charge in [-0.05, 0) is 69.5 Å². The van der Waals surface area contributed by atoms with Crippen molar-refractivity contribution in [2.75, 3.05) is 44.3 Å². The molecule has 2 aliphatic rings. The number of nitrogens with one attached hydrogen (secondary N) is 1. The van der Waals surface area contributed by atoms with Crippen molar-refractivity contribution in [1.82, 2.24) is 33.9 Å². The maximum absolute atomic E-state index is 14.2. The predicted molar refractivity (Wildman–Crippen MR) is 166 cm³/mol. The first-order valence-corrected chi connectivity index (χ1v) is 14.9. The fourth-order valence-electron chi connectivity index (χ4n) is 6.94. The SMILES string of the molecule is Cc1c(F)ccc2nc(Nc3ccc(-c4cn(C5CCC(N6CCN(C)CC6)CC5)c5ncnc(N)c45)cc3)n(C)c12. The summed E-state index contributed by atoms with van der Waals surface area (Å²) < 4.78 is 18.4. The van der Waals surface area contributed by atoms with Gasteiger partial charge in [0.05, 0.1) is 16.4 Å². The fraction of sp³-hybridized carbons (Fsp3) is 0.406. The summed E-state index contributed by atoms with van der Waals surface area (Å²) >= 11 is 0. The van der Waals surface area contributed by atoms with E-state index in [1.165, 1.54) is 32.0 Å². The van der Waals surface area contributed by atoms with E-state index in [0.29, 0.717) is 29.4 Å². The molecule has 42 heavy (non-hydrogen) atoms. The lowest BCUT2D eigenvalue weighted by molar-refractivity contribution is 0.0828. The molecule has 1 saturated heterocycles. The highest BCUT2D eigenvalue weighted by molar-refractivity contribution is 6.00. The molecule has 1 saturated carbocycles. The molecule has 3 N–H and O–H groups in total. The minimum absolute atomic E-state index is 0.230. The Morgan fingerprint density at radius 2 is 1.62 bits per heavy atom. The molecule has 1 aliphatic carbocycles. The summed E-state index contributed by atoms with van der Waals surface area (Å²) in [6.07, 6.45) is 8.48. The molecule has 2 aromatic carbocycles. The summed E-state index contributed by atoms with van der Waals surface area (Å²) in [7, 11) is 4.11. The molecule has 0 radical (unpaired) electrons. The quantitative estimate of drug-likeness (QED) is 0.290. The number of hydrogen-bond acceptors (Lipinski definition) is 7. The maximum Gasteiger partial charge on any atom is 0.208 e. The first kappa shape index (κ1) is 26.9. The summed E-state index contributed by atoms with van der Waals surface area (Å²) in [4.78, 5) is 18.8. The summed E-state index contributed by atoms with van der Waals surface area (Å²) in [6, 6.07) is 12.5. The van der Waals surface area contributed by atoms with E-state index >= 15 is 0 Å². The molecule has 4 heterocycles. The standard InChI is InChI=1S/C32H38FN9/c1-20-26(33)12-13-27-29(20)40(3)32(38-27)37-22-6-4-21(5-7-22)25-18-42(31-28(25)30(34)35-19-36-31)24-10-8-23(9-11-24)41-16-14-39(2)15-17-41/h4-7,12-13,18-19,23-24H,8-11,14-17H2,1-3H3,(H,37,38)(H2,34,35,36). The van der Waals surface area contributed by atoms with Crippen LogP contribution in [0.5, 0.6) is 0 Å². The highest BCUT2D eigenvalue weighted by Crippen LogP contribution is 2.39. The molecule has 9 nitrogen and oxygen atoms in total. The van der Waals surface area contributed by atoms with Crippen LogP contribution in [0.15, 0.2) is 48.9 Å². The molecule has 218 valence electrons. The summed E-state index contributed by atoms with van der Waals surface area (Å²) in [6.45, 7) is 6.45. The van der Waals surface area contributed by atoms with Gasteiger partial charge in [-0.25, -0.2) is 19.3 Å². The second-order valence-electron chi connectivity index (χ2n) is 11.9. The van der Waals surface area contributed by atoms with Crippen molar-refractivity contribution in [3.05, 3.63) is 60.3 Å². The average Bonchev–Trinajstić information content (AvgIpc) is 3.55. The summed E-state index contributed by atoms with van der Waals surface area (Å²) in [5.74, 6) is 0.934. The van der Waals surface area contributed by atoms with E-state index in [1.54, 1.807) is 19.3 Å². The monoisotopic (exact) mass is 567 g/mol. The van der Waals surface area contributed by atoms with Gasteiger partial charge in [0.15, 0.2) is 0 Å². The van der Waals surface area contributed by atoms with Gasteiger partial charge in [-0.2, -0.15) is 0 Å². The van der Waals surface area contributed by atoms with Crippen molar-refractivity contribution >= 4 is 39.5 Å². The summed E-state index contributed by atoms with van der Waals surface area (Å²) in [5.41, 5.74) is 12.5. The van der Waals surface area contributed by atoms with Crippen LogP contribution >= 0.6 is 0 Å². The van der Waals surface area contributed by atoms with Crippen LogP contribution in [0.25, 0.3) is 33.2 Å². The minimum atomic E-state index is -0.230. The van der Waals surface area contributed by atoms with Crippen LogP contribution in [0.1, 0.15) is 37.3 Å². The molecule has 1 aliphatic heterocycles. The third-order valence-electron chi connectivity index (χ3n) is 9.43. The number of aryl methyl sites for hydroxylation is 2. The maximum atomic E-state index is 14.2. The largest absolute Gasteiger partial charge is 0.383 e. The lowest BCUT2D eigenvalue weighted by Crippen LogP contribution is -2.49. The van der Waals surface area contributed by atoms with Gasteiger partial charge in [-0.1, -0.05) is 12.1 Å². The molecule has 10 heteroatoms. The highest BCUT2D eigenvalue weighted by Gasteiger charge is 2.30. The average molecular weight is 568 g/mol. The van der Waals surface area contributed by atoms with Crippen LogP contribution in [0.2, 0.25) is 0 Å². The number of likely N-dealkylation sites (N-methyl/N-ethyl adjacent to an activating group) is 1. The Morgan fingerprint density at radius 1 is 0.905 bits per heavy atom. The first-order valence-electron chi connectivity index (χ1n) is 14.9. The molecule has 0 spiro atoms. The fourth-order valence-corrected chi connectivity index (χ4v) is 6.94. The third kappa shape index (κ3) is 4.68. The van der Waals surface area contributed by atoms with Gasteiger partial charge in [0.25, 0.3) is 0 Å². The normalized spacial score (nSPS) is 20.5. The molecule has 7 rings (SSSR count). The Balaban J connectivity index is 1.13. The van der Waals surface area contributed by atoms with E-state index in [4.69, 9.17) is 10.7 Å². The number of imidazole rings is 1. The number of hydrogen-bond donors (Lipinski definition) is 2. The zero-order valence-electron chi connectivity index (χ0n) is 24.5. The topological polar surface area (TPSA) is 93.1 Å². The minimum Gasteiger partial charge on any atom is -0.383 e. The Morgan fingerprint density at radius 3 is 2.36 bits per heavy atom. The highest BCUT2D eigenvalue weighted by atomic mass is 19.1. The van der Waals surface area contributed by atoms with Crippen molar-refractivity contribution in [2.24, 2.45) is 7.05 Å². The van der Waals surface area contributed by atoms with Crippen molar-refractivity contribution < 1.29 is 4.39 Å². The number of nitrogen functional groups attached to an aromatic ring is 1. The number of rotatable bonds is 5. The van der Waals surface area contributed by atoms with Crippen molar-refractivity contribution in [2.45, 2.75) is 44.7 Å². The van der Waals surface area contributed by atoms with Gasteiger partial charge in [0.1, 0.15) is 23.6 Å². The van der Waals surface area contributed by atoms with E-state index in [-0.39, 0.29) is 5.82 Å². The molecule has 5 aromatic rings. The van der Waals surface area contributed by atoms with Gasteiger partial charge in [-0.3, -0.25) is 4.90 Å². The van der Waals surface area contributed by atoms with Crippen LogP contribution in [0.4, 0.5) is 21.8 Å².